The number of rotatable bonds is 11. The smallest absolute Gasteiger partial charge is 0.165 e. The molecule has 3 rings (SSSR count). The molecule has 0 saturated heterocycles. The van der Waals surface area contributed by atoms with Crippen LogP contribution in [0.25, 0.3) is 0 Å². The Morgan fingerprint density at radius 1 is 0.871 bits per heavy atom. The van der Waals surface area contributed by atoms with E-state index in [9.17, 15) is 14.6 Å². The molecule has 31 heavy (non-hydrogen) atoms. The third-order valence-corrected chi connectivity index (χ3v) is 5.00. The minimum atomic E-state index is -0.964. The zero-order valence-electron chi connectivity index (χ0n) is 17.5. The summed E-state index contributed by atoms with van der Waals surface area (Å²) in [7, 11) is 0. The molecule has 5 nitrogen and oxygen atoms in total. The van der Waals surface area contributed by atoms with Gasteiger partial charge in [0.05, 0.1) is 38.4 Å². The number of halogens is 1. The predicted octanol–water partition coefficient (Wildman–Crippen LogP) is 4.46. The monoisotopic (exact) mass is 426 g/mol. The fourth-order valence-electron chi connectivity index (χ4n) is 3.17. The molecule has 0 aromatic heterocycles. The number of para-hydroxylation sites is 1. The zero-order chi connectivity index (χ0) is 22.1. The van der Waals surface area contributed by atoms with Crippen LogP contribution in [-0.4, -0.2) is 36.6 Å². The molecule has 2 N–H and O–H groups in total. The van der Waals surface area contributed by atoms with E-state index in [4.69, 9.17) is 14.2 Å². The number of benzene rings is 3. The highest BCUT2D eigenvalue weighted by Crippen LogP contribution is 2.28. The zero-order valence-corrected chi connectivity index (χ0v) is 17.5. The van der Waals surface area contributed by atoms with Crippen molar-refractivity contribution in [2.24, 2.45) is 0 Å². The summed E-state index contributed by atoms with van der Waals surface area (Å²) >= 11 is 0. The fraction of sp³-hybridized carbons (Fsp3) is 0.280. The predicted molar refractivity (Wildman–Crippen MR) is 116 cm³/mol. The molecule has 0 aliphatic carbocycles. The van der Waals surface area contributed by atoms with Gasteiger partial charge in [0.25, 0.3) is 0 Å². The molecule has 0 amide bonds. The second-order valence-electron chi connectivity index (χ2n) is 7.23. The van der Waals surface area contributed by atoms with Crippen molar-refractivity contribution in [3.05, 3.63) is 89.7 Å². The van der Waals surface area contributed by atoms with Crippen molar-refractivity contribution in [1.29, 1.82) is 0 Å². The van der Waals surface area contributed by atoms with E-state index in [-0.39, 0.29) is 32.2 Å². The molecule has 6 heteroatoms. The van der Waals surface area contributed by atoms with Crippen molar-refractivity contribution >= 4 is 0 Å². The van der Waals surface area contributed by atoms with E-state index in [0.29, 0.717) is 23.7 Å². The Morgan fingerprint density at radius 3 is 2.23 bits per heavy atom. The summed E-state index contributed by atoms with van der Waals surface area (Å²) < 4.78 is 31.0. The molecular weight excluding hydrogens is 399 g/mol. The lowest BCUT2D eigenvalue weighted by Gasteiger charge is -2.30. The summed E-state index contributed by atoms with van der Waals surface area (Å²) in [5, 5.41) is 20.0. The maximum Gasteiger partial charge on any atom is 0.165 e. The van der Waals surface area contributed by atoms with Crippen molar-refractivity contribution in [1.82, 2.24) is 0 Å². The van der Waals surface area contributed by atoms with Gasteiger partial charge in [-0.15, -0.1) is 0 Å². The largest absolute Gasteiger partial charge is 0.494 e. The second-order valence-corrected chi connectivity index (χ2v) is 7.23. The Morgan fingerprint density at radius 2 is 1.58 bits per heavy atom. The van der Waals surface area contributed by atoms with Crippen LogP contribution in [0.1, 0.15) is 18.1 Å². The van der Waals surface area contributed by atoms with Crippen LogP contribution in [0.3, 0.4) is 0 Å². The molecule has 0 atom stereocenters. The maximum atomic E-state index is 14.1. The van der Waals surface area contributed by atoms with Gasteiger partial charge in [0.15, 0.2) is 11.6 Å². The van der Waals surface area contributed by atoms with Crippen LogP contribution >= 0.6 is 0 Å². The van der Waals surface area contributed by atoms with E-state index < -0.39 is 11.2 Å². The van der Waals surface area contributed by atoms with Gasteiger partial charge in [0, 0.05) is 0 Å². The summed E-state index contributed by atoms with van der Waals surface area (Å²) in [5.41, 5.74) is 0.491. The van der Waals surface area contributed by atoms with Crippen molar-refractivity contribution in [2.75, 3.05) is 26.4 Å². The van der Waals surface area contributed by atoms with E-state index >= 15 is 0 Å². The minimum Gasteiger partial charge on any atom is -0.494 e. The molecule has 0 unspecified atom stereocenters. The van der Waals surface area contributed by atoms with Gasteiger partial charge >= 0.3 is 0 Å². The van der Waals surface area contributed by atoms with Gasteiger partial charge in [0.2, 0.25) is 0 Å². The van der Waals surface area contributed by atoms with Gasteiger partial charge in [-0.2, -0.15) is 0 Å². The summed E-state index contributed by atoms with van der Waals surface area (Å²) in [6.45, 7) is 2.14. The first-order valence-corrected chi connectivity index (χ1v) is 10.1. The fourth-order valence-corrected chi connectivity index (χ4v) is 3.17. The summed E-state index contributed by atoms with van der Waals surface area (Å²) in [4.78, 5) is 0. The molecule has 0 radical (unpaired) electrons. The molecule has 3 aromatic carbocycles. The molecule has 0 saturated carbocycles. The quantitative estimate of drug-likeness (QED) is 0.474. The lowest BCUT2D eigenvalue weighted by molar-refractivity contribution is 0.0130. The van der Waals surface area contributed by atoms with Gasteiger partial charge in [-0.3, -0.25) is 0 Å². The number of aliphatic hydroxyl groups excluding tert-OH is 2. The average molecular weight is 426 g/mol. The molecule has 0 fully saturated rings. The van der Waals surface area contributed by atoms with E-state index in [1.165, 1.54) is 6.07 Å². The van der Waals surface area contributed by atoms with Crippen molar-refractivity contribution in [3.8, 4) is 17.2 Å². The molecule has 0 aliphatic heterocycles. The standard InChI is InChI=1S/C25H27FO5/c1-2-30-21-11-9-20(10-12-21)25(16-27,17-28)18-29-15-19-8-13-23(26)24(14-19)31-22-6-4-3-5-7-22/h3-14,27-28H,2,15-18H2,1H3. The van der Waals surface area contributed by atoms with Crippen molar-refractivity contribution < 1.29 is 28.8 Å². The highest BCUT2D eigenvalue weighted by Gasteiger charge is 2.31. The summed E-state index contributed by atoms with van der Waals surface area (Å²) in [6, 6.07) is 20.7. The lowest BCUT2D eigenvalue weighted by Crippen LogP contribution is -2.39. The highest BCUT2D eigenvalue weighted by molar-refractivity contribution is 5.35. The minimum absolute atomic E-state index is 0.0836. The van der Waals surface area contributed by atoms with Gasteiger partial charge in [-0.1, -0.05) is 36.4 Å². The normalized spacial score (nSPS) is 11.4. The third kappa shape index (κ3) is 5.82. The molecule has 3 aromatic rings. The summed E-state index contributed by atoms with van der Waals surface area (Å²) in [6.07, 6.45) is 0. The number of ether oxygens (including phenoxy) is 3. The van der Waals surface area contributed by atoms with Gasteiger partial charge in [0.1, 0.15) is 11.5 Å². The second kappa shape index (κ2) is 10.9. The highest BCUT2D eigenvalue weighted by atomic mass is 19.1. The maximum absolute atomic E-state index is 14.1. The molecule has 0 bridgehead atoms. The van der Waals surface area contributed by atoms with E-state index in [1.54, 1.807) is 36.4 Å². The van der Waals surface area contributed by atoms with Gasteiger partial charge < -0.3 is 24.4 Å². The first kappa shape index (κ1) is 22.7. The molecular formula is C25H27FO5. The topological polar surface area (TPSA) is 68.2 Å². The van der Waals surface area contributed by atoms with Gasteiger partial charge in [-0.25, -0.2) is 4.39 Å². The lowest BCUT2D eigenvalue weighted by atomic mass is 9.82. The van der Waals surface area contributed by atoms with Crippen LogP contribution in [0.4, 0.5) is 4.39 Å². The molecule has 0 spiro atoms. The van der Waals surface area contributed by atoms with Gasteiger partial charge in [-0.05, 0) is 54.4 Å². The number of hydrogen-bond acceptors (Lipinski definition) is 5. The van der Waals surface area contributed by atoms with Crippen LogP contribution in [0.15, 0.2) is 72.8 Å². The molecule has 0 heterocycles. The Balaban J connectivity index is 1.67. The SMILES string of the molecule is CCOc1ccc(C(CO)(CO)COCc2ccc(F)c(Oc3ccccc3)c2)cc1. The molecule has 0 aliphatic rings. The average Bonchev–Trinajstić information content (AvgIpc) is 2.81. The van der Waals surface area contributed by atoms with E-state index in [1.807, 2.05) is 37.3 Å². The van der Waals surface area contributed by atoms with Crippen LogP contribution in [0.5, 0.6) is 17.2 Å². The first-order chi connectivity index (χ1) is 15.1. The third-order valence-electron chi connectivity index (χ3n) is 5.00. The van der Waals surface area contributed by atoms with Crippen LogP contribution in [-0.2, 0) is 16.8 Å². The first-order valence-electron chi connectivity index (χ1n) is 10.1. The van der Waals surface area contributed by atoms with Crippen molar-refractivity contribution in [3.63, 3.8) is 0 Å². The van der Waals surface area contributed by atoms with E-state index in [2.05, 4.69) is 0 Å². The van der Waals surface area contributed by atoms with Crippen molar-refractivity contribution in [2.45, 2.75) is 18.9 Å². The number of aliphatic hydroxyl groups is 2. The Labute approximate surface area is 181 Å². The van der Waals surface area contributed by atoms with Crippen LogP contribution < -0.4 is 9.47 Å². The van der Waals surface area contributed by atoms with Crippen LogP contribution in [0.2, 0.25) is 0 Å². The summed E-state index contributed by atoms with van der Waals surface area (Å²) in [5.74, 6) is 0.889. The Bertz CT molecular complexity index is 940. The van der Waals surface area contributed by atoms with Crippen LogP contribution in [0, 0.1) is 5.82 Å². The number of hydrogen-bond donors (Lipinski definition) is 2. The Kier molecular flexibility index (Phi) is 8.00. The van der Waals surface area contributed by atoms with E-state index in [0.717, 1.165) is 5.56 Å². The Hall–Kier alpha value is -2.93. The molecule has 164 valence electrons.